The van der Waals surface area contributed by atoms with Gasteiger partial charge in [0.05, 0.1) is 5.69 Å². The van der Waals surface area contributed by atoms with Crippen molar-refractivity contribution in [3.05, 3.63) is 22.2 Å². The molecule has 1 fully saturated rings. The molecule has 0 saturated carbocycles. The van der Waals surface area contributed by atoms with Gasteiger partial charge in [-0.1, -0.05) is 0 Å². The van der Waals surface area contributed by atoms with Crippen LogP contribution in [0.2, 0.25) is 0 Å². The molecule has 0 aliphatic carbocycles. The molecule has 112 valence electrons. The first kappa shape index (κ1) is 14.5. The van der Waals surface area contributed by atoms with Gasteiger partial charge in [0, 0.05) is 46.5 Å². The lowest BCUT2D eigenvalue weighted by Gasteiger charge is -2.25. The SMILES string of the molecule is Cc1cc(C)c2c(N)c(C(=O)N3CCS(=O)CC3)sc2n1. The number of hydrogen-bond acceptors (Lipinski definition) is 5. The van der Waals surface area contributed by atoms with E-state index in [2.05, 4.69) is 4.98 Å². The van der Waals surface area contributed by atoms with Crippen LogP contribution in [-0.4, -0.2) is 44.6 Å². The van der Waals surface area contributed by atoms with Gasteiger partial charge in [0.2, 0.25) is 0 Å². The molecule has 0 spiro atoms. The van der Waals surface area contributed by atoms with Crippen molar-refractivity contribution in [2.24, 2.45) is 0 Å². The molecule has 0 bridgehead atoms. The van der Waals surface area contributed by atoms with E-state index in [1.807, 2.05) is 19.9 Å². The Morgan fingerprint density at radius 3 is 2.71 bits per heavy atom. The maximum atomic E-state index is 12.6. The van der Waals surface area contributed by atoms with E-state index in [1.54, 1.807) is 4.90 Å². The summed E-state index contributed by atoms with van der Waals surface area (Å²) in [6, 6.07) is 1.98. The monoisotopic (exact) mass is 323 g/mol. The summed E-state index contributed by atoms with van der Waals surface area (Å²) >= 11 is 1.35. The number of thiophene rings is 1. The Balaban J connectivity index is 2.01. The quantitative estimate of drug-likeness (QED) is 0.866. The van der Waals surface area contributed by atoms with E-state index in [1.165, 1.54) is 11.3 Å². The minimum Gasteiger partial charge on any atom is -0.397 e. The first-order valence-electron chi connectivity index (χ1n) is 6.78. The first-order chi connectivity index (χ1) is 9.97. The van der Waals surface area contributed by atoms with Crippen LogP contribution in [0.4, 0.5) is 5.69 Å². The maximum absolute atomic E-state index is 12.6. The van der Waals surface area contributed by atoms with E-state index in [0.29, 0.717) is 35.2 Å². The van der Waals surface area contributed by atoms with Crippen molar-refractivity contribution >= 4 is 43.9 Å². The average Bonchev–Trinajstić information content (AvgIpc) is 2.76. The summed E-state index contributed by atoms with van der Waals surface area (Å²) in [6.07, 6.45) is 0. The third kappa shape index (κ3) is 2.55. The predicted molar refractivity (Wildman–Crippen MR) is 87.3 cm³/mol. The number of nitrogens with zero attached hydrogens (tertiary/aromatic N) is 2. The van der Waals surface area contributed by atoms with Gasteiger partial charge in [-0.3, -0.25) is 9.00 Å². The standard InChI is InChI=1S/C14H17N3O2S2/c1-8-7-9(2)16-13-10(8)11(15)12(20-13)14(18)17-3-5-21(19)6-4-17/h7H,3-6,15H2,1-2H3. The molecule has 2 aromatic rings. The van der Waals surface area contributed by atoms with Gasteiger partial charge in [-0.2, -0.15) is 0 Å². The van der Waals surface area contributed by atoms with Crippen LogP contribution in [-0.2, 0) is 10.8 Å². The molecule has 21 heavy (non-hydrogen) atoms. The second-order valence-electron chi connectivity index (χ2n) is 5.25. The Morgan fingerprint density at radius 1 is 1.38 bits per heavy atom. The van der Waals surface area contributed by atoms with Crippen molar-refractivity contribution in [3.63, 3.8) is 0 Å². The second kappa shape index (κ2) is 5.38. The Bertz CT molecular complexity index is 744. The zero-order valence-electron chi connectivity index (χ0n) is 12.0. The maximum Gasteiger partial charge on any atom is 0.266 e. The van der Waals surface area contributed by atoms with Crippen LogP contribution in [0.1, 0.15) is 20.9 Å². The number of rotatable bonds is 1. The fraction of sp³-hybridized carbons (Fsp3) is 0.429. The van der Waals surface area contributed by atoms with E-state index in [0.717, 1.165) is 21.5 Å². The van der Waals surface area contributed by atoms with Gasteiger partial charge < -0.3 is 10.6 Å². The number of anilines is 1. The highest BCUT2D eigenvalue weighted by Crippen LogP contribution is 2.35. The second-order valence-corrected chi connectivity index (χ2v) is 7.94. The lowest BCUT2D eigenvalue weighted by molar-refractivity contribution is 0.0777. The number of aryl methyl sites for hydroxylation is 2. The summed E-state index contributed by atoms with van der Waals surface area (Å²) in [5, 5.41) is 0.884. The van der Waals surface area contributed by atoms with Crippen LogP contribution < -0.4 is 5.73 Å². The molecule has 7 heteroatoms. The normalized spacial score (nSPS) is 16.6. The zero-order chi connectivity index (χ0) is 15.1. The molecule has 0 aromatic carbocycles. The fourth-order valence-electron chi connectivity index (χ4n) is 2.61. The third-order valence-corrected chi connectivity index (χ3v) is 6.05. The van der Waals surface area contributed by atoms with Crippen LogP contribution >= 0.6 is 11.3 Å². The minimum atomic E-state index is -0.795. The van der Waals surface area contributed by atoms with Crippen molar-refractivity contribution in [2.75, 3.05) is 30.3 Å². The number of nitrogens with two attached hydrogens (primary N) is 1. The lowest BCUT2D eigenvalue weighted by Crippen LogP contribution is -2.41. The molecule has 1 aliphatic heterocycles. The lowest BCUT2D eigenvalue weighted by atomic mass is 10.1. The molecule has 0 radical (unpaired) electrons. The molecule has 2 aromatic heterocycles. The van der Waals surface area contributed by atoms with Crippen LogP contribution in [0.5, 0.6) is 0 Å². The van der Waals surface area contributed by atoms with Gasteiger partial charge in [-0.05, 0) is 25.5 Å². The summed E-state index contributed by atoms with van der Waals surface area (Å²) < 4.78 is 11.4. The molecule has 1 aliphatic rings. The van der Waals surface area contributed by atoms with Crippen LogP contribution in [0.15, 0.2) is 6.07 Å². The number of amides is 1. The van der Waals surface area contributed by atoms with Crippen LogP contribution in [0, 0.1) is 13.8 Å². The van der Waals surface area contributed by atoms with Crippen molar-refractivity contribution < 1.29 is 9.00 Å². The van der Waals surface area contributed by atoms with E-state index >= 15 is 0 Å². The van der Waals surface area contributed by atoms with Crippen molar-refractivity contribution in [2.45, 2.75) is 13.8 Å². The number of nitrogen functional groups attached to an aromatic ring is 1. The Kier molecular flexibility index (Phi) is 3.71. The number of aromatic nitrogens is 1. The van der Waals surface area contributed by atoms with Gasteiger partial charge in [-0.15, -0.1) is 11.3 Å². The molecule has 2 N–H and O–H groups in total. The third-order valence-electron chi connectivity index (χ3n) is 3.68. The summed E-state index contributed by atoms with van der Waals surface area (Å²) in [4.78, 5) is 20.2. The summed E-state index contributed by atoms with van der Waals surface area (Å²) in [7, 11) is -0.795. The average molecular weight is 323 g/mol. The van der Waals surface area contributed by atoms with Gasteiger partial charge in [0.15, 0.2) is 0 Å². The van der Waals surface area contributed by atoms with Gasteiger partial charge in [0.25, 0.3) is 5.91 Å². The Labute approximate surface area is 129 Å². The molecule has 0 atom stereocenters. The van der Waals surface area contributed by atoms with Gasteiger partial charge >= 0.3 is 0 Å². The van der Waals surface area contributed by atoms with Crippen molar-refractivity contribution in [1.29, 1.82) is 0 Å². The molecule has 1 saturated heterocycles. The highest BCUT2D eigenvalue weighted by atomic mass is 32.2. The highest BCUT2D eigenvalue weighted by molar-refractivity contribution is 7.85. The Morgan fingerprint density at radius 2 is 2.05 bits per heavy atom. The first-order valence-corrected chi connectivity index (χ1v) is 9.08. The minimum absolute atomic E-state index is 0.0655. The number of fused-ring (bicyclic) bond motifs is 1. The molecule has 1 amide bonds. The molecular weight excluding hydrogens is 306 g/mol. The van der Waals surface area contributed by atoms with Gasteiger partial charge in [-0.25, -0.2) is 4.98 Å². The van der Waals surface area contributed by atoms with Crippen molar-refractivity contribution in [3.8, 4) is 0 Å². The van der Waals surface area contributed by atoms with E-state index in [-0.39, 0.29) is 5.91 Å². The van der Waals surface area contributed by atoms with Gasteiger partial charge in [0.1, 0.15) is 9.71 Å². The largest absolute Gasteiger partial charge is 0.397 e. The smallest absolute Gasteiger partial charge is 0.266 e. The predicted octanol–water partition coefficient (Wildman–Crippen LogP) is 1.70. The summed E-state index contributed by atoms with van der Waals surface area (Å²) in [6.45, 7) is 4.98. The number of carbonyl (C=O) groups is 1. The summed E-state index contributed by atoms with van der Waals surface area (Å²) in [5.74, 6) is 1.03. The van der Waals surface area contributed by atoms with Crippen LogP contribution in [0.25, 0.3) is 10.2 Å². The van der Waals surface area contributed by atoms with E-state index in [9.17, 15) is 9.00 Å². The number of hydrogen-bond donors (Lipinski definition) is 1. The molecule has 3 heterocycles. The highest BCUT2D eigenvalue weighted by Gasteiger charge is 2.26. The fourth-order valence-corrected chi connectivity index (χ4v) is 4.85. The molecule has 0 unspecified atom stereocenters. The molecular formula is C14H17N3O2S2. The zero-order valence-corrected chi connectivity index (χ0v) is 13.6. The molecule has 5 nitrogen and oxygen atoms in total. The van der Waals surface area contributed by atoms with Crippen molar-refractivity contribution in [1.82, 2.24) is 9.88 Å². The number of carbonyl (C=O) groups excluding carboxylic acids is 1. The van der Waals surface area contributed by atoms with E-state index < -0.39 is 10.8 Å². The Hall–Kier alpha value is -1.47. The number of pyridine rings is 1. The van der Waals surface area contributed by atoms with Crippen LogP contribution in [0.3, 0.4) is 0 Å². The van der Waals surface area contributed by atoms with E-state index in [4.69, 9.17) is 5.73 Å². The topological polar surface area (TPSA) is 76.3 Å². The molecule has 3 rings (SSSR count). The summed E-state index contributed by atoms with van der Waals surface area (Å²) in [5.41, 5.74) is 8.68.